The summed E-state index contributed by atoms with van der Waals surface area (Å²) in [6.45, 7) is 2.10. The molecule has 2 N–H and O–H groups in total. The van der Waals surface area contributed by atoms with Crippen molar-refractivity contribution < 1.29 is 0 Å². The molecule has 2 atom stereocenters. The van der Waals surface area contributed by atoms with Gasteiger partial charge in [-0.15, -0.1) is 0 Å². The van der Waals surface area contributed by atoms with Crippen LogP contribution in [0.5, 0.6) is 0 Å². The molecular weight excluding hydrogens is 130 g/mol. The van der Waals surface area contributed by atoms with Crippen LogP contribution in [0, 0.1) is 0 Å². The molecular formula is C7H15NS. The molecule has 1 nitrogen and oxygen atoms in total. The van der Waals surface area contributed by atoms with Crippen LogP contribution < -0.4 is 5.73 Å². The first-order valence-electron chi connectivity index (χ1n) is 3.66. The highest BCUT2D eigenvalue weighted by Gasteiger charge is 2.16. The first-order valence-corrected chi connectivity index (χ1v) is 4.71. The Morgan fingerprint density at radius 3 is 3.00 bits per heavy atom. The van der Waals surface area contributed by atoms with Crippen LogP contribution in [0.2, 0.25) is 0 Å². The predicted molar refractivity (Wildman–Crippen MR) is 43.7 cm³/mol. The molecule has 1 rings (SSSR count). The van der Waals surface area contributed by atoms with E-state index >= 15 is 0 Å². The molecule has 0 amide bonds. The third-order valence-electron chi connectivity index (χ3n) is 1.66. The van der Waals surface area contributed by atoms with Gasteiger partial charge in [-0.2, -0.15) is 11.8 Å². The van der Waals surface area contributed by atoms with Crippen molar-refractivity contribution in [2.24, 2.45) is 5.73 Å². The van der Waals surface area contributed by atoms with Crippen LogP contribution in [0.25, 0.3) is 0 Å². The number of nitrogens with two attached hydrogens (primary N) is 1. The Kier molecular flexibility index (Phi) is 2.86. The van der Waals surface area contributed by atoms with E-state index in [0.717, 1.165) is 5.25 Å². The Hall–Kier alpha value is 0.310. The highest BCUT2D eigenvalue weighted by atomic mass is 32.2. The van der Waals surface area contributed by atoms with Crippen LogP contribution in [0.3, 0.4) is 0 Å². The third kappa shape index (κ3) is 2.59. The SMILES string of the molecule is C[C@@H](N)CC1CCCS1. The third-order valence-corrected chi connectivity index (χ3v) is 3.08. The average Bonchev–Trinajstić information content (AvgIpc) is 2.15. The molecule has 0 aliphatic carbocycles. The van der Waals surface area contributed by atoms with E-state index < -0.39 is 0 Å². The van der Waals surface area contributed by atoms with E-state index in [2.05, 4.69) is 18.7 Å². The fourth-order valence-corrected chi connectivity index (χ4v) is 2.68. The number of thioether (sulfide) groups is 1. The summed E-state index contributed by atoms with van der Waals surface area (Å²) in [4.78, 5) is 0. The standard InChI is InChI=1S/C7H15NS/c1-6(8)5-7-3-2-4-9-7/h6-7H,2-5,8H2,1H3/t6-,7?/m1/s1. The lowest BCUT2D eigenvalue weighted by atomic mass is 10.1. The maximum Gasteiger partial charge on any atom is 0.00619 e. The van der Waals surface area contributed by atoms with Gasteiger partial charge in [-0.25, -0.2) is 0 Å². The van der Waals surface area contributed by atoms with Gasteiger partial charge in [-0.05, 0) is 31.9 Å². The zero-order chi connectivity index (χ0) is 6.69. The van der Waals surface area contributed by atoms with Gasteiger partial charge in [0, 0.05) is 11.3 Å². The summed E-state index contributed by atoms with van der Waals surface area (Å²) < 4.78 is 0. The summed E-state index contributed by atoms with van der Waals surface area (Å²) in [6.07, 6.45) is 4.01. The molecule has 1 aliphatic heterocycles. The molecule has 0 bridgehead atoms. The van der Waals surface area contributed by atoms with E-state index in [4.69, 9.17) is 5.73 Å². The monoisotopic (exact) mass is 145 g/mol. The topological polar surface area (TPSA) is 26.0 Å². The summed E-state index contributed by atoms with van der Waals surface area (Å²) in [5, 5.41) is 0.880. The lowest BCUT2D eigenvalue weighted by Crippen LogP contribution is -2.19. The zero-order valence-electron chi connectivity index (χ0n) is 5.97. The van der Waals surface area contributed by atoms with Gasteiger partial charge in [0.2, 0.25) is 0 Å². The second kappa shape index (κ2) is 3.47. The lowest BCUT2D eigenvalue weighted by molar-refractivity contribution is 0.622. The van der Waals surface area contributed by atoms with Gasteiger partial charge in [0.25, 0.3) is 0 Å². The Morgan fingerprint density at radius 2 is 2.56 bits per heavy atom. The molecule has 0 radical (unpaired) electrons. The Balaban J connectivity index is 2.11. The second-order valence-corrected chi connectivity index (χ2v) is 4.26. The van der Waals surface area contributed by atoms with Crippen LogP contribution in [0.15, 0.2) is 0 Å². The fraction of sp³-hybridized carbons (Fsp3) is 1.00. The summed E-state index contributed by atoms with van der Waals surface area (Å²) in [5.74, 6) is 1.36. The quantitative estimate of drug-likeness (QED) is 0.639. The molecule has 0 saturated carbocycles. The van der Waals surface area contributed by atoms with Crippen molar-refractivity contribution in [2.45, 2.75) is 37.5 Å². The van der Waals surface area contributed by atoms with E-state index in [1.807, 2.05) is 0 Å². The molecule has 1 saturated heterocycles. The second-order valence-electron chi connectivity index (χ2n) is 2.85. The van der Waals surface area contributed by atoms with Crippen molar-refractivity contribution >= 4 is 11.8 Å². The highest BCUT2D eigenvalue weighted by molar-refractivity contribution is 8.00. The molecule has 1 heterocycles. The van der Waals surface area contributed by atoms with Crippen LogP contribution in [0.1, 0.15) is 26.2 Å². The smallest absolute Gasteiger partial charge is 0.00619 e. The fourth-order valence-electron chi connectivity index (χ4n) is 1.24. The molecule has 54 valence electrons. The van der Waals surface area contributed by atoms with Gasteiger partial charge in [-0.1, -0.05) is 0 Å². The molecule has 0 aromatic heterocycles. The van der Waals surface area contributed by atoms with Crippen molar-refractivity contribution in [3.63, 3.8) is 0 Å². The summed E-state index contributed by atoms with van der Waals surface area (Å²) in [7, 11) is 0. The largest absolute Gasteiger partial charge is 0.328 e. The van der Waals surface area contributed by atoms with E-state index in [9.17, 15) is 0 Å². The zero-order valence-corrected chi connectivity index (χ0v) is 6.79. The van der Waals surface area contributed by atoms with Gasteiger partial charge in [0.15, 0.2) is 0 Å². The van der Waals surface area contributed by atoms with Crippen molar-refractivity contribution in [3.8, 4) is 0 Å². The van der Waals surface area contributed by atoms with E-state index in [1.165, 1.54) is 25.0 Å². The Labute approximate surface area is 61.4 Å². The molecule has 0 aromatic rings. The van der Waals surface area contributed by atoms with Gasteiger partial charge in [-0.3, -0.25) is 0 Å². The van der Waals surface area contributed by atoms with Gasteiger partial charge >= 0.3 is 0 Å². The van der Waals surface area contributed by atoms with Crippen LogP contribution in [0.4, 0.5) is 0 Å². The first-order chi connectivity index (χ1) is 4.29. The summed E-state index contributed by atoms with van der Waals surface area (Å²) in [6, 6.07) is 0.403. The molecule has 1 unspecified atom stereocenters. The maximum absolute atomic E-state index is 5.66. The van der Waals surface area contributed by atoms with Gasteiger partial charge in [0.1, 0.15) is 0 Å². The minimum atomic E-state index is 0.403. The summed E-state index contributed by atoms with van der Waals surface area (Å²) in [5.41, 5.74) is 5.66. The normalized spacial score (nSPS) is 30.7. The van der Waals surface area contributed by atoms with E-state index in [1.54, 1.807) is 0 Å². The minimum absolute atomic E-state index is 0.403. The van der Waals surface area contributed by atoms with E-state index in [-0.39, 0.29) is 0 Å². The van der Waals surface area contributed by atoms with Crippen molar-refractivity contribution in [1.29, 1.82) is 0 Å². The van der Waals surface area contributed by atoms with Crippen LogP contribution >= 0.6 is 11.8 Å². The molecule has 9 heavy (non-hydrogen) atoms. The number of hydrogen-bond donors (Lipinski definition) is 1. The van der Waals surface area contributed by atoms with Crippen molar-refractivity contribution in [1.82, 2.24) is 0 Å². The predicted octanol–water partition coefficient (Wildman–Crippen LogP) is 1.62. The van der Waals surface area contributed by atoms with Gasteiger partial charge < -0.3 is 5.73 Å². The van der Waals surface area contributed by atoms with Crippen LogP contribution in [-0.4, -0.2) is 17.0 Å². The van der Waals surface area contributed by atoms with Crippen molar-refractivity contribution in [2.75, 3.05) is 5.75 Å². The Morgan fingerprint density at radius 1 is 1.78 bits per heavy atom. The van der Waals surface area contributed by atoms with Crippen molar-refractivity contribution in [3.05, 3.63) is 0 Å². The van der Waals surface area contributed by atoms with E-state index in [0.29, 0.717) is 6.04 Å². The molecule has 1 fully saturated rings. The molecule has 1 aliphatic rings. The molecule has 0 spiro atoms. The maximum atomic E-state index is 5.66. The highest BCUT2D eigenvalue weighted by Crippen LogP contribution is 2.28. The average molecular weight is 145 g/mol. The lowest BCUT2D eigenvalue weighted by Gasteiger charge is -2.09. The molecule has 2 heteroatoms. The van der Waals surface area contributed by atoms with Gasteiger partial charge in [0.05, 0.1) is 0 Å². The first kappa shape index (κ1) is 7.42. The Bertz CT molecular complexity index is 77.0. The summed E-state index contributed by atoms with van der Waals surface area (Å²) >= 11 is 2.09. The number of hydrogen-bond acceptors (Lipinski definition) is 2. The van der Waals surface area contributed by atoms with Crippen LogP contribution in [-0.2, 0) is 0 Å². The minimum Gasteiger partial charge on any atom is -0.328 e. The number of rotatable bonds is 2. The molecule has 0 aromatic carbocycles.